The van der Waals surface area contributed by atoms with E-state index in [1.807, 2.05) is 42.2 Å². The zero-order valence-electron chi connectivity index (χ0n) is 13.6. The number of benzene rings is 1. The molecule has 126 valence electrons. The second-order valence-electron chi connectivity index (χ2n) is 5.71. The summed E-state index contributed by atoms with van der Waals surface area (Å²) in [6, 6.07) is 9.73. The predicted octanol–water partition coefficient (Wildman–Crippen LogP) is 3.23. The average Bonchev–Trinajstić information content (AvgIpc) is 3.12. The number of hydrogen-bond acceptors (Lipinski definition) is 5. The van der Waals surface area contributed by atoms with Crippen molar-refractivity contribution in [3.63, 3.8) is 0 Å². The molecule has 1 amide bonds. The first kappa shape index (κ1) is 16.6. The molecule has 1 fully saturated rings. The molecule has 0 radical (unpaired) electrons. The lowest BCUT2D eigenvalue weighted by atomic mass is 9.97. The number of aromatic nitrogens is 1. The quantitative estimate of drug-likeness (QED) is 0.799. The van der Waals surface area contributed by atoms with Gasteiger partial charge in [-0.05, 0) is 19.8 Å². The molecule has 0 atom stereocenters. The van der Waals surface area contributed by atoms with Crippen molar-refractivity contribution in [2.45, 2.75) is 19.8 Å². The number of ether oxygens (including phenoxy) is 1. The van der Waals surface area contributed by atoms with Crippen LogP contribution in [-0.2, 0) is 9.53 Å². The van der Waals surface area contributed by atoms with Crippen LogP contribution in [0.25, 0.3) is 11.3 Å². The van der Waals surface area contributed by atoms with Crippen molar-refractivity contribution in [2.75, 3.05) is 19.7 Å². The first-order chi connectivity index (χ1) is 11.7. The van der Waals surface area contributed by atoms with E-state index < -0.39 is 0 Å². The number of nitrogens with zero attached hydrogens (tertiary/aromatic N) is 2. The minimum atomic E-state index is -0.146. The molecule has 5 nitrogen and oxygen atoms in total. The van der Waals surface area contributed by atoms with Crippen molar-refractivity contribution >= 4 is 23.2 Å². The first-order valence-corrected chi connectivity index (χ1v) is 9.03. The number of likely N-dealkylation sites (tertiary alicyclic amines) is 1. The SMILES string of the molecule is CCOC(=O)C1CCN(C(=O)c2scnc2-c2ccccc2)CC1. The largest absolute Gasteiger partial charge is 0.466 e. The molecule has 1 aromatic carbocycles. The van der Waals surface area contributed by atoms with Crippen LogP contribution >= 0.6 is 11.3 Å². The normalized spacial score (nSPS) is 15.3. The molecule has 3 rings (SSSR count). The molecule has 0 aliphatic carbocycles. The Balaban J connectivity index is 1.69. The zero-order valence-corrected chi connectivity index (χ0v) is 14.4. The molecule has 0 bridgehead atoms. The van der Waals surface area contributed by atoms with E-state index in [9.17, 15) is 9.59 Å². The maximum atomic E-state index is 12.8. The maximum Gasteiger partial charge on any atom is 0.309 e. The van der Waals surface area contributed by atoms with Gasteiger partial charge in [0.25, 0.3) is 5.91 Å². The van der Waals surface area contributed by atoms with Gasteiger partial charge >= 0.3 is 5.97 Å². The van der Waals surface area contributed by atoms with E-state index in [2.05, 4.69) is 4.98 Å². The fourth-order valence-electron chi connectivity index (χ4n) is 2.92. The minimum Gasteiger partial charge on any atom is -0.466 e. The van der Waals surface area contributed by atoms with Crippen molar-refractivity contribution in [2.24, 2.45) is 5.92 Å². The molecule has 0 spiro atoms. The lowest BCUT2D eigenvalue weighted by Gasteiger charge is -2.30. The second-order valence-corrected chi connectivity index (χ2v) is 6.57. The summed E-state index contributed by atoms with van der Waals surface area (Å²) in [4.78, 5) is 31.5. The van der Waals surface area contributed by atoms with Crippen LogP contribution < -0.4 is 0 Å². The number of amides is 1. The van der Waals surface area contributed by atoms with Crippen LogP contribution in [0.4, 0.5) is 0 Å². The number of carbonyl (C=O) groups excluding carboxylic acids is 2. The van der Waals surface area contributed by atoms with Crippen molar-refractivity contribution < 1.29 is 14.3 Å². The smallest absolute Gasteiger partial charge is 0.309 e. The second kappa shape index (κ2) is 7.57. The molecule has 1 aliphatic rings. The Morgan fingerprint density at radius 3 is 2.62 bits per heavy atom. The third-order valence-corrected chi connectivity index (χ3v) is 5.03. The molecule has 0 N–H and O–H groups in total. The molecule has 0 saturated carbocycles. The number of piperidine rings is 1. The Bertz CT molecular complexity index is 706. The van der Waals surface area contributed by atoms with Gasteiger partial charge in [0, 0.05) is 18.7 Å². The van der Waals surface area contributed by atoms with E-state index in [-0.39, 0.29) is 17.8 Å². The Kier molecular flexibility index (Phi) is 5.25. The molecular weight excluding hydrogens is 324 g/mol. The Labute approximate surface area is 145 Å². The summed E-state index contributed by atoms with van der Waals surface area (Å²) in [5.74, 6) is -0.241. The molecule has 6 heteroatoms. The van der Waals surface area contributed by atoms with Gasteiger partial charge in [-0.2, -0.15) is 0 Å². The highest BCUT2D eigenvalue weighted by molar-refractivity contribution is 7.12. The monoisotopic (exact) mass is 344 g/mol. The van der Waals surface area contributed by atoms with Crippen molar-refractivity contribution in [1.82, 2.24) is 9.88 Å². The van der Waals surface area contributed by atoms with Crippen molar-refractivity contribution in [3.05, 3.63) is 40.7 Å². The van der Waals surface area contributed by atoms with Crippen LogP contribution in [0.15, 0.2) is 35.8 Å². The minimum absolute atomic E-state index is 0.00124. The standard InChI is InChI=1S/C18H20N2O3S/c1-2-23-18(22)14-8-10-20(11-9-14)17(21)16-15(19-12-24-16)13-6-4-3-5-7-13/h3-7,12,14H,2,8-11H2,1H3. The third kappa shape index (κ3) is 3.48. The first-order valence-electron chi connectivity index (χ1n) is 8.15. The number of esters is 1. The number of hydrogen-bond donors (Lipinski definition) is 0. The van der Waals surface area contributed by atoms with Crippen LogP contribution in [0.1, 0.15) is 29.4 Å². The van der Waals surface area contributed by atoms with E-state index >= 15 is 0 Å². The molecule has 2 heterocycles. The molecule has 24 heavy (non-hydrogen) atoms. The molecular formula is C18H20N2O3S. The fourth-order valence-corrected chi connectivity index (χ4v) is 3.70. The summed E-state index contributed by atoms with van der Waals surface area (Å²) in [6.07, 6.45) is 1.31. The molecule has 2 aromatic rings. The number of rotatable bonds is 4. The summed E-state index contributed by atoms with van der Waals surface area (Å²) in [7, 11) is 0. The number of thiazole rings is 1. The Hall–Kier alpha value is -2.21. The Morgan fingerprint density at radius 2 is 1.96 bits per heavy atom. The molecule has 1 aromatic heterocycles. The van der Waals surface area contributed by atoms with Crippen molar-refractivity contribution in [3.8, 4) is 11.3 Å². The van der Waals surface area contributed by atoms with Gasteiger partial charge in [-0.15, -0.1) is 11.3 Å². The topological polar surface area (TPSA) is 59.5 Å². The third-order valence-electron chi connectivity index (χ3n) is 4.21. The Morgan fingerprint density at radius 1 is 1.25 bits per heavy atom. The predicted molar refractivity (Wildman–Crippen MR) is 92.8 cm³/mol. The average molecular weight is 344 g/mol. The van der Waals surface area contributed by atoms with Crippen molar-refractivity contribution in [1.29, 1.82) is 0 Å². The van der Waals surface area contributed by atoms with Crippen LogP contribution in [-0.4, -0.2) is 41.5 Å². The molecule has 1 aliphatic heterocycles. The number of carbonyl (C=O) groups is 2. The van der Waals surface area contributed by atoms with Gasteiger partial charge in [0.15, 0.2) is 0 Å². The highest BCUT2D eigenvalue weighted by Crippen LogP contribution is 2.28. The van der Waals surface area contributed by atoms with Gasteiger partial charge in [0.05, 0.1) is 23.7 Å². The lowest BCUT2D eigenvalue weighted by Crippen LogP contribution is -2.40. The van der Waals surface area contributed by atoms with Crippen LogP contribution in [0, 0.1) is 5.92 Å². The van der Waals surface area contributed by atoms with E-state index in [4.69, 9.17) is 4.74 Å². The van der Waals surface area contributed by atoms with E-state index in [0.29, 0.717) is 37.4 Å². The summed E-state index contributed by atoms with van der Waals surface area (Å²) >= 11 is 1.37. The zero-order chi connectivity index (χ0) is 16.9. The van der Waals surface area contributed by atoms with Gasteiger partial charge in [-0.1, -0.05) is 30.3 Å². The molecule has 0 unspecified atom stereocenters. The summed E-state index contributed by atoms with van der Waals surface area (Å²) in [5, 5.41) is 0. The van der Waals surface area contributed by atoms with E-state index in [0.717, 1.165) is 11.3 Å². The highest BCUT2D eigenvalue weighted by Gasteiger charge is 2.30. The van der Waals surface area contributed by atoms with Gasteiger partial charge in [0.1, 0.15) is 4.88 Å². The van der Waals surface area contributed by atoms with Gasteiger partial charge in [0.2, 0.25) is 0 Å². The lowest BCUT2D eigenvalue weighted by molar-refractivity contribution is -0.149. The molecule has 1 saturated heterocycles. The maximum absolute atomic E-state index is 12.8. The van der Waals surface area contributed by atoms with Crippen LogP contribution in [0.2, 0.25) is 0 Å². The van der Waals surface area contributed by atoms with Crippen LogP contribution in [0.5, 0.6) is 0 Å². The van der Waals surface area contributed by atoms with E-state index in [1.165, 1.54) is 11.3 Å². The summed E-state index contributed by atoms with van der Waals surface area (Å²) in [5.41, 5.74) is 3.39. The van der Waals surface area contributed by atoms with Gasteiger partial charge < -0.3 is 9.64 Å². The van der Waals surface area contributed by atoms with E-state index in [1.54, 1.807) is 5.51 Å². The fraction of sp³-hybridized carbons (Fsp3) is 0.389. The van der Waals surface area contributed by atoms with Crippen LogP contribution in [0.3, 0.4) is 0 Å². The summed E-state index contributed by atoms with van der Waals surface area (Å²) in [6.45, 7) is 3.37. The summed E-state index contributed by atoms with van der Waals surface area (Å²) < 4.78 is 5.08. The van der Waals surface area contributed by atoms with Gasteiger partial charge in [-0.25, -0.2) is 4.98 Å². The highest BCUT2D eigenvalue weighted by atomic mass is 32.1. The van der Waals surface area contributed by atoms with Gasteiger partial charge in [-0.3, -0.25) is 9.59 Å².